The number of benzene rings is 2. The number of anilines is 1. The second-order valence-electron chi connectivity index (χ2n) is 4.50. The molecule has 1 amide bonds. The molecule has 0 fully saturated rings. The van der Waals surface area contributed by atoms with Gasteiger partial charge in [0, 0.05) is 20.1 Å². The monoisotopic (exact) mass is 409 g/mol. The predicted octanol–water partition coefficient (Wildman–Crippen LogP) is 3.77. The van der Waals surface area contributed by atoms with Crippen molar-refractivity contribution in [3.63, 3.8) is 0 Å². The number of ketones is 1. The normalized spacial score (nSPS) is 13.1. The van der Waals surface area contributed by atoms with Gasteiger partial charge in [-0.25, -0.2) is 0 Å². The van der Waals surface area contributed by atoms with Gasteiger partial charge in [-0.05, 0) is 52.3 Å². The highest BCUT2D eigenvalue weighted by molar-refractivity contribution is 9.11. The zero-order chi connectivity index (χ0) is 15.0. The van der Waals surface area contributed by atoms with E-state index in [2.05, 4.69) is 37.2 Å². The van der Waals surface area contributed by atoms with Crippen molar-refractivity contribution >= 4 is 49.2 Å². The van der Waals surface area contributed by atoms with Crippen LogP contribution in [0.4, 0.5) is 5.69 Å². The van der Waals surface area contributed by atoms with Crippen LogP contribution in [0, 0.1) is 0 Å². The Morgan fingerprint density at radius 3 is 2.71 bits per heavy atom. The molecule has 0 saturated carbocycles. The SMILES string of the molecule is O=C1COc2ccc(C(=O)c3ccc(Br)cc3Br)cc2N1. The molecule has 0 bridgehead atoms. The Labute approximate surface area is 137 Å². The fraction of sp³-hybridized carbons (Fsp3) is 0.0667. The van der Waals surface area contributed by atoms with Crippen molar-refractivity contribution in [2.24, 2.45) is 0 Å². The fourth-order valence-corrected chi connectivity index (χ4v) is 3.28. The van der Waals surface area contributed by atoms with Gasteiger partial charge in [-0.15, -0.1) is 0 Å². The predicted molar refractivity (Wildman–Crippen MR) is 85.8 cm³/mol. The molecule has 106 valence electrons. The lowest BCUT2D eigenvalue weighted by molar-refractivity contribution is -0.118. The molecule has 0 spiro atoms. The van der Waals surface area contributed by atoms with Crippen molar-refractivity contribution in [1.82, 2.24) is 0 Å². The summed E-state index contributed by atoms with van der Waals surface area (Å²) in [6.45, 7) is -0.00144. The summed E-state index contributed by atoms with van der Waals surface area (Å²) in [5.74, 6) is 0.218. The number of fused-ring (bicyclic) bond motifs is 1. The largest absolute Gasteiger partial charge is 0.482 e. The van der Waals surface area contributed by atoms with Crippen LogP contribution in [0.15, 0.2) is 45.3 Å². The van der Waals surface area contributed by atoms with Crippen LogP contribution in [0.25, 0.3) is 0 Å². The zero-order valence-electron chi connectivity index (χ0n) is 10.7. The fourth-order valence-electron chi connectivity index (χ4n) is 2.05. The van der Waals surface area contributed by atoms with Gasteiger partial charge in [-0.3, -0.25) is 9.59 Å². The first-order chi connectivity index (χ1) is 10.0. The van der Waals surface area contributed by atoms with E-state index in [9.17, 15) is 9.59 Å². The number of hydrogen-bond acceptors (Lipinski definition) is 3. The minimum absolute atomic E-state index is 0.00144. The topological polar surface area (TPSA) is 55.4 Å². The summed E-state index contributed by atoms with van der Waals surface area (Å²) in [6.07, 6.45) is 0. The van der Waals surface area contributed by atoms with Gasteiger partial charge in [0.25, 0.3) is 5.91 Å². The van der Waals surface area contributed by atoms with Crippen LogP contribution in [0.1, 0.15) is 15.9 Å². The van der Waals surface area contributed by atoms with Crippen LogP contribution in [0.2, 0.25) is 0 Å². The summed E-state index contributed by atoms with van der Waals surface area (Å²) in [4.78, 5) is 23.9. The summed E-state index contributed by atoms with van der Waals surface area (Å²) < 4.78 is 6.87. The summed E-state index contributed by atoms with van der Waals surface area (Å²) in [5, 5.41) is 2.69. The minimum atomic E-state index is -0.225. The molecule has 1 heterocycles. The number of hydrogen-bond donors (Lipinski definition) is 1. The number of carbonyl (C=O) groups is 2. The molecule has 1 aliphatic rings. The maximum absolute atomic E-state index is 12.5. The van der Waals surface area contributed by atoms with Crippen LogP contribution in [0.5, 0.6) is 5.75 Å². The number of halogens is 2. The molecule has 0 aliphatic carbocycles. The lowest BCUT2D eigenvalue weighted by Crippen LogP contribution is -2.25. The molecular formula is C15H9Br2NO3. The molecule has 2 aromatic carbocycles. The number of ether oxygens (including phenoxy) is 1. The average molecular weight is 411 g/mol. The first kappa shape index (κ1) is 14.3. The van der Waals surface area contributed by atoms with Crippen molar-refractivity contribution < 1.29 is 14.3 Å². The van der Waals surface area contributed by atoms with Crippen molar-refractivity contribution in [1.29, 1.82) is 0 Å². The zero-order valence-corrected chi connectivity index (χ0v) is 13.8. The molecule has 0 aromatic heterocycles. The van der Waals surface area contributed by atoms with Crippen LogP contribution in [-0.4, -0.2) is 18.3 Å². The van der Waals surface area contributed by atoms with Crippen molar-refractivity contribution in [3.05, 3.63) is 56.5 Å². The lowest BCUT2D eigenvalue weighted by Gasteiger charge is -2.18. The molecule has 3 rings (SSSR count). The van der Waals surface area contributed by atoms with E-state index < -0.39 is 0 Å². The van der Waals surface area contributed by atoms with E-state index >= 15 is 0 Å². The standard InChI is InChI=1S/C15H9Br2NO3/c16-9-2-3-10(11(17)6-9)15(20)8-1-4-13-12(5-8)18-14(19)7-21-13/h1-6H,7H2,(H,18,19). The van der Waals surface area contributed by atoms with Crippen LogP contribution < -0.4 is 10.1 Å². The molecule has 6 heteroatoms. The molecule has 0 radical (unpaired) electrons. The third-order valence-corrected chi connectivity index (χ3v) is 4.20. The van der Waals surface area contributed by atoms with Crippen molar-refractivity contribution in [2.45, 2.75) is 0 Å². The van der Waals surface area contributed by atoms with Gasteiger partial charge in [0.15, 0.2) is 12.4 Å². The van der Waals surface area contributed by atoms with Gasteiger partial charge in [0.2, 0.25) is 0 Å². The van der Waals surface area contributed by atoms with E-state index in [4.69, 9.17) is 4.74 Å². The molecule has 4 nitrogen and oxygen atoms in total. The molecule has 2 aromatic rings. The van der Waals surface area contributed by atoms with Gasteiger partial charge in [-0.2, -0.15) is 0 Å². The summed E-state index contributed by atoms with van der Waals surface area (Å²) in [6, 6.07) is 10.4. The third kappa shape index (κ3) is 2.87. The lowest BCUT2D eigenvalue weighted by atomic mass is 10.0. The first-order valence-corrected chi connectivity index (χ1v) is 7.69. The van der Waals surface area contributed by atoms with Gasteiger partial charge < -0.3 is 10.1 Å². The van der Waals surface area contributed by atoms with E-state index in [0.29, 0.717) is 27.0 Å². The smallest absolute Gasteiger partial charge is 0.262 e. The summed E-state index contributed by atoms with van der Waals surface area (Å²) in [7, 11) is 0. The Bertz CT molecular complexity index is 759. The van der Waals surface area contributed by atoms with Gasteiger partial charge in [0.1, 0.15) is 5.75 Å². The average Bonchev–Trinajstić information content (AvgIpc) is 2.46. The number of nitrogens with one attached hydrogen (secondary N) is 1. The maximum atomic E-state index is 12.5. The maximum Gasteiger partial charge on any atom is 0.262 e. The van der Waals surface area contributed by atoms with Crippen LogP contribution in [0.3, 0.4) is 0 Å². The van der Waals surface area contributed by atoms with E-state index in [1.165, 1.54) is 0 Å². The Morgan fingerprint density at radius 2 is 1.95 bits per heavy atom. The summed E-state index contributed by atoms with van der Waals surface area (Å²) >= 11 is 6.74. The highest BCUT2D eigenvalue weighted by atomic mass is 79.9. The van der Waals surface area contributed by atoms with E-state index in [0.717, 1.165) is 4.47 Å². The summed E-state index contributed by atoms with van der Waals surface area (Å²) in [5.41, 5.74) is 1.56. The van der Waals surface area contributed by atoms with Crippen molar-refractivity contribution in [3.8, 4) is 5.75 Å². The molecule has 21 heavy (non-hydrogen) atoms. The highest BCUT2D eigenvalue weighted by Gasteiger charge is 2.19. The quantitative estimate of drug-likeness (QED) is 0.766. The molecule has 1 aliphatic heterocycles. The van der Waals surface area contributed by atoms with Gasteiger partial charge in [-0.1, -0.05) is 15.9 Å². The number of amides is 1. The van der Waals surface area contributed by atoms with E-state index in [-0.39, 0.29) is 18.3 Å². The van der Waals surface area contributed by atoms with Crippen LogP contribution >= 0.6 is 31.9 Å². The highest BCUT2D eigenvalue weighted by Crippen LogP contribution is 2.30. The Kier molecular flexibility index (Phi) is 3.82. The number of rotatable bonds is 2. The molecule has 0 unspecified atom stereocenters. The molecular weight excluding hydrogens is 402 g/mol. The second-order valence-corrected chi connectivity index (χ2v) is 6.27. The molecule has 0 atom stereocenters. The van der Waals surface area contributed by atoms with Crippen LogP contribution in [-0.2, 0) is 4.79 Å². The van der Waals surface area contributed by atoms with Gasteiger partial charge in [0.05, 0.1) is 5.69 Å². The van der Waals surface area contributed by atoms with E-state index in [1.54, 1.807) is 30.3 Å². The Morgan fingerprint density at radius 1 is 1.14 bits per heavy atom. The Hall–Kier alpha value is -1.66. The van der Waals surface area contributed by atoms with Gasteiger partial charge >= 0.3 is 0 Å². The minimum Gasteiger partial charge on any atom is -0.482 e. The number of carbonyl (C=O) groups excluding carboxylic acids is 2. The van der Waals surface area contributed by atoms with Crippen molar-refractivity contribution in [2.75, 3.05) is 11.9 Å². The second kappa shape index (κ2) is 5.61. The molecule has 1 N–H and O–H groups in total. The molecule has 0 saturated heterocycles. The Balaban J connectivity index is 1.98. The first-order valence-electron chi connectivity index (χ1n) is 6.11. The third-order valence-electron chi connectivity index (χ3n) is 3.05. The van der Waals surface area contributed by atoms with E-state index in [1.807, 2.05) is 6.07 Å².